The summed E-state index contributed by atoms with van der Waals surface area (Å²) in [5.74, 6) is 0.136. The van der Waals surface area contributed by atoms with Gasteiger partial charge in [-0.1, -0.05) is 11.8 Å². The summed E-state index contributed by atoms with van der Waals surface area (Å²) >= 11 is 1.27. The summed E-state index contributed by atoms with van der Waals surface area (Å²) in [6, 6.07) is 4.15. The maximum absolute atomic E-state index is 10.8. The fourth-order valence-corrected chi connectivity index (χ4v) is 1.79. The third-order valence-electron chi connectivity index (χ3n) is 1.95. The number of amidine groups is 1. The molecule has 0 aliphatic carbocycles. The van der Waals surface area contributed by atoms with Crippen molar-refractivity contribution in [3.8, 4) is 11.5 Å². The van der Waals surface area contributed by atoms with Gasteiger partial charge >= 0.3 is 0 Å². The van der Waals surface area contributed by atoms with Gasteiger partial charge in [0.1, 0.15) is 11.5 Å². The molecule has 88 valence electrons. The number of carbonyl (C=O) groups is 1. The normalized spacial score (nSPS) is 17.9. The molecule has 1 aliphatic rings. The zero-order valence-electron chi connectivity index (χ0n) is 8.62. The smallest absolute Gasteiger partial charge is 0.236 e. The van der Waals surface area contributed by atoms with Gasteiger partial charge in [-0.25, -0.2) is 0 Å². The standard InChI is InChI=1S/C10H9N3O3S/c14-7-2-1-6(8(15)3-7)4-11-13-10-12-9(16)5-17-10/h1-4,14-15H,5H2,(H,12,13,16)/b11-4+. The summed E-state index contributed by atoms with van der Waals surface area (Å²) < 4.78 is 0. The molecule has 0 unspecified atom stereocenters. The number of rotatable bonds is 2. The number of phenols is 2. The number of phenolic OH excluding ortho intramolecular Hbond substituents is 2. The van der Waals surface area contributed by atoms with Crippen molar-refractivity contribution in [3.63, 3.8) is 0 Å². The van der Waals surface area contributed by atoms with E-state index in [0.29, 0.717) is 16.5 Å². The maximum atomic E-state index is 10.8. The van der Waals surface area contributed by atoms with Gasteiger partial charge < -0.3 is 15.5 Å². The molecule has 1 aromatic carbocycles. The number of nitrogens with one attached hydrogen (secondary N) is 1. The minimum atomic E-state index is -0.101. The fraction of sp³-hybridized carbons (Fsp3) is 0.100. The molecule has 0 radical (unpaired) electrons. The third-order valence-corrected chi connectivity index (χ3v) is 2.81. The SMILES string of the molecule is O=C1CS/C(=N/N=C/c2ccc(O)cc2O)N1. The van der Waals surface area contributed by atoms with E-state index in [1.54, 1.807) is 0 Å². The number of hydrogen-bond acceptors (Lipinski definition) is 6. The number of benzene rings is 1. The van der Waals surface area contributed by atoms with Gasteiger partial charge in [0.25, 0.3) is 0 Å². The van der Waals surface area contributed by atoms with Gasteiger partial charge in [-0.05, 0) is 12.1 Å². The van der Waals surface area contributed by atoms with Crippen LogP contribution in [0.15, 0.2) is 28.4 Å². The first-order valence-electron chi connectivity index (χ1n) is 4.71. The van der Waals surface area contributed by atoms with Crippen LogP contribution in [0.5, 0.6) is 11.5 Å². The molecule has 1 heterocycles. The lowest BCUT2D eigenvalue weighted by molar-refractivity contribution is -0.116. The molecule has 0 atom stereocenters. The Kier molecular flexibility index (Phi) is 3.29. The summed E-state index contributed by atoms with van der Waals surface area (Å²) in [5.41, 5.74) is 0.432. The minimum absolute atomic E-state index is 0.0235. The summed E-state index contributed by atoms with van der Waals surface area (Å²) in [5, 5.41) is 29.0. The number of hydrogen-bond donors (Lipinski definition) is 3. The lowest BCUT2D eigenvalue weighted by atomic mass is 10.2. The predicted octanol–water partition coefficient (Wildman–Crippen LogP) is 0.651. The van der Waals surface area contributed by atoms with Gasteiger partial charge in [-0.2, -0.15) is 5.10 Å². The molecule has 1 aromatic rings. The number of nitrogens with zero attached hydrogens (tertiary/aromatic N) is 2. The van der Waals surface area contributed by atoms with Crippen LogP contribution in [0, 0.1) is 0 Å². The van der Waals surface area contributed by atoms with Crippen molar-refractivity contribution < 1.29 is 15.0 Å². The van der Waals surface area contributed by atoms with Crippen LogP contribution in [0.1, 0.15) is 5.56 Å². The molecule has 0 saturated carbocycles. The Morgan fingerprint density at radius 1 is 1.41 bits per heavy atom. The zero-order chi connectivity index (χ0) is 12.3. The molecule has 0 spiro atoms. The van der Waals surface area contributed by atoms with Crippen molar-refractivity contribution in [2.75, 3.05) is 5.75 Å². The van der Waals surface area contributed by atoms with Crippen molar-refractivity contribution >= 4 is 29.1 Å². The van der Waals surface area contributed by atoms with E-state index >= 15 is 0 Å². The number of carbonyl (C=O) groups excluding carboxylic acids is 1. The van der Waals surface area contributed by atoms with Gasteiger partial charge in [0.15, 0.2) is 5.17 Å². The lowest BCUT2D eigenvalue weighted by Gasteiger charge is -1.97. The Hall–Kier alpha value is -2.02. The topological polar surface area (TPSA) is 94.3 Å². The van der Waals surface area contributed by atoms with E-state index in [1.165, 1.54) is 36.2 Å². The van der Waals surface area contributed by atoms with E-state index in [9.17, 15) is 9.90 Å². The lowest BCUT2D eigenvalue weighted by Crippen LogP contribution is -2.19. The number of thioether (sulfide) groups is 1. The van der Waals surface area contributed by atoms with Crippen molar-refractivity contribution in [2.24, 2.45) is 10.2 Å². The van der Waals surface area contributed by atoms with Gasteiger partial charge in [-0.15, -0.1) is 5.10 Å². The van der Waals surface area contributed by atoms with Crippen molar-refractivity contribution in [3.05, 3.63) is 23.8 Å². The molecule has 0 bridgehead atoms. The molecule has 17 heavy (non-hydrogen) atoms. The van der Waals surface area contributed by atoms with Gasteiger partial charge in [-0.3, -0.25) is 4.79 Å². The van der Waals surface area contributed by atoms with Crippen LogP contribution in [0.2, 0.25) is 0 Å². The minimum Gasteiger partial charge on any atom is -0.508 e. The van der Waals surface area contributed by atoms with Crippen LogP contribution in [0.3, 0.4) is 0 Å². The van der Waals surface area contributed by atoms with Crippen LogP contribution in [0.4, 0.5) is 0 Å². The molecule has 1 saturated heterocycles. The second-order valence-electron chi connectivity index (χ2n) is 3.23. The maximum Gasteiger partial charge on any atom is 0.236 e. The number of amides is 1. The monoisotopic (exact) mass is 251 g/mol. The first kappa shape index (κ1) is 11.5. The van der Waals surface area contributed by atoms with E-state index in [1.807, 2.05) is 0 Å². The van der Waals surface area contributed by atoms with Gasteiger partial charge in [0.05, 0.1) is 12.0 Å². The predicted molar refractivity (Wildman–Crippen MR) is 65.4 cm³/mol. The first-order valence-corrected chi connectivity index (χ1v) is 5.69. The highest BCUT2D eigenvalue weighted by atomic mass is 32.2. The van der Waals surface area contributed by atoms with Crippen LogP contribution in [-0.4, -0.2) is 33.3 Å². The Labute approximate surface area is 101 Å². The summed E-state index contributed by atoms with van der Waals surface area (Å²) in [6.45, 7) is 0. The summed E-state index contributed by atoms with van der Waals surface area (Å²) in [4.78, 5) is 10.8. The summed E-state index contributed by atoms with van der Waals surface area (Å²) in [7, 11) is 0. The molecule has 1 aliphatic heterocycles. The Balaban J connectivity index is 2.08. The zero-order valence-corrected chi connectivity index (χ0v) is 9.44. The highest BCUT2D eigenvalue weighted by molar-refractivity contribution is 8.15. The average molecular weight is 251 g/mol. The molecular weight excluding hydrogens is 242 g/mol. The van der Waals surface area contributed by atoms with E-state index in [4.69, 9.17) is 5.11 Å². The van der Waals surface area contributed by atoms with Crippen molar-refractivity contribution in [1.82, 2.24) is 5.32 Å². The Morgan fingerprint density at radius 3 is 2.88 bits per heavy atom. The van der Waals surface area contributed by atoms with E-state index in [0.717, 1.165) is 0 Å². The molecule has 2 rings (SSSR count). The molecular formula is C10H9N3O3S. The van der Waals surface area contributed by atoms with Crippen LogP contribution < -0.4 is 5.32 Å². The van der Waals surface area contributed by atoms with Crippen molar-refractivity contribution in [1.29, 1.82) is 0 Å². The van der Waals surface area contributed by atoms with Crippen LogP contribution in [-0.2, 0) is 4.79 Å². The largest absolute Gasteiger partial charge is 0.508 e. The Bertz CT molecular complexity index is 514. The third kappa shape index (κ3) is 2.97. The highest BCUT2D eigenvalue weighted by Gasteiger charge is 2.15. The van der Waals surface area contributed by atoms with Gasteiger partial charge in [0, 0.05) is 11.6 Å². The Morgan fingerprint density at radius 2 is 2.24 bits per heavy atom. The van der Waals surface area contributed by atoms with Crippen LogP contribution in [0.25, 0.3) is 0 Å². The van der Waals surface area contributed by atoms with Crippen LogP contribution >= 0.6 is 11.8 Å². The molecule has 1 amide bonds. The molecule has 6 nitrogen and oxygen atoms in total. The summed E-state index contributed by atoms with van der Waals surface area (Å²) in [6.07, 6.45) is 1.34. The molecule has 3 N–H and O–H groups in total. The number of aromatic hydroxyl groups is 2. The fourth-order valence-electron chi connectivity index (χ4n) is 1.16. The van der Waals surface area contributed by atoms with E-state index < -0.39 is 0 Å². The molecule has 0 aromatic heterocycles. The van der Waals surface area contributed by atoms with Crippen molar-refractivity contribution in [2.45, 2.75) is 0 Å². The highest BCUT2D eigenvalue weighted by Crippen LogP contribution is 2.20. The van der Waals surface area contributed by atoms with E-state index in [2.05, 4.69) is 15.5 Å². The quantitative estimate of drug-likeness (QED) is 0.531. The first-order chi connectivity index (χ1) is 8.15. The van der Waals surface area contributed by atoms with Gasteiger partial charge in [0.2, 0.25) is 5.91 Å². The molecule has 7 heteroatoms. The van der Waals surface area contributed by atoms with E-state index in [-0.39, 0.29) is 17.4 Å². The second kappa shape index (κ2) is 4.88. The second-order valence-corrected chi connectivity index (χ2v) is 4.19. The average Bonchev–Trinajstić information content (AvgIpc) is 2.68. The molecule has 1 fully saturated rings.